The van der Waals surface area contributed by atoms with Crippen molar-refractivity contribution >= 4 is 11.7 Å². The molecular weight excluding hydrogens is 226 g/mol. The number of pyridine rings is 1. The van der Waals surface area contributed by atoms with Crippen LogP contribution < -0.4 is 10.6 Å². The Labute approximate surface area is 108 Å². The van der Waals surface area contributed by atoms with E-state index in [4.69, 9.17) is 0 Å². The maximum atomic E-state index is 11.9. The van der Waals surface area contributed by atoms with Crippen molar-refractivity contribution in [3.63, 3.8) is 0 Å². The highest BCUT2D eigenvalue weighted by Gasteiger charge is 2.18. The maximum Gasteiger partial charge on any atom is 0.251 e. The molecule has 0 unspecified atom stereocenters. The third-order valence-corrected chi connectivity index (χ3v) is 3.35. The molecule has 1 aliphatic carbocycles. The number of hydrogen-bond acceptors (Lipinski definition) is 3. The SMILES string of the molecule is CCCNc1cc(C(=O)NCC2CCC2)ccn1. The second kappa shape index (κ2) is 6.38. The van der Waals surface area contributed by atoms with Crippen molar-refractivity contribution in [2.45, 2.75) is 32.6 Å². The van der Waals surface area contributed by atoms with Gasteiger partial charge < -0.3 is 10.6 Å². The molecule has 18 heavy (non-hydrogen) atoms. The lowest BCUT2D eigenvalue weighted by molar-refractivity contribution is 0.0939. The molecule has 0 saturated heterocycles. The standard InChI is InChI=1S/C14H21N3O/c1-2-7-15-13-9-12(6-8-16-13)14(18)17-10-11-4-3-5-11/h6,8-9,11H,2-5,7,10H2,1H3,(H,15,16)(H,17,18). The topological polar surface area (TPSA) is 54.0 Å². The molecule has 1 heterocycles. The van der Waals surface area contributed by atoms with Crippen molar-refractivity contribution in [2.24, 2.45) is 5.92 Å². The van der Waals surface area contributed by atoms with E-state index in [0.717, 1.165) is 25.3 Å². The van der Waals surface area contributed by atoms with Gasteiger partial charge in [-0.25, -0.2) is 4.98 Å². The van der Waals surface area contributed by atoms with Crippen molar-refractivity contribution in [2.75, 3.05) is 18.4 Å². The largest absolute Gasteiger partial charge is 0.370 e. The van der Waals surface area contributed by atoms with Gasteiger partial charge in [0.15, 0.2) is 0 Å². The van der Waals surface area contributed by atoms with Crippen LogP contribution in [0.25, 0.3) is 0 Å². The maximum absolute atomic E-state index is 11.9. The molecule has 0 radical (unpaired) electrons. The summed E-state index contributed by atoms with van der Waals surface area (Å²) < 4.78 is 0. The zero-order valence-corrected chi connectivity index (χ0v) is 10.9. The summed E-state index contributed by atoms with van der Waals surface area (Å²) in [5.41, 5.74) is 0.683. The van der Waals surface area contributed by atoms with Gasteiger partial charge in [0.1, 0.15) is 5.82 Å². The molecular formula is C14H21N3O. The predicted molar refractivity (Wildman–Crippen MR) is 72.7 cm³/mol. The molecule has 0 aliphatic heterocycles. The van der Waals surface area contributed by atoms with Crippen LogP contribution in [0, 0.1) is 5.92 Å². The van der Waals surface area contributed by atoms with Crippen LogP contribution in [0.4, 0.5) is 5.82 Å². The zero-order valence-electron chi connectivity index (χ0n) is 10.9. The molecule has 1 amide bonds. The van der Waals surface area contributed by atoms with Gasteiger partial charge in [-0.3, -0.25) is 4.79 Å². The smallest absolute Gasteiger partial charge is 0.251 e. The quantitative estimate of drug-likeness (QED) is 0.811. The normalized spacial score (nSPS) is 14.9. The van der Waals surface area contributed by atoms with Crippen LogP contribution in [0.15, 0.2) is 18.3 Å². The molecule has 0 spiro atoms. The number of nitrogens with one attached hydrogen (secondary N) is 2. The highest BCUT2D eigenvalue weighted by atomic mass is 16.1. The van der Waals surface area contributed by atoms with E-state index < -0.39 is 0 Å². The van der Waals surface area contributed by atoms with Crippen molar-refractivity contribution in [1.82, 2.24) is 10.3 Å². The third-order valence-electron chi connectivity index (χ3n) is 3.35. The Morgan fingerprint density at radius 3 is 3.00 bits per heavy atom. The number of aromatic nitrogens is 1. The zero-order chi connectivity index (χ0) is 12.8. The number of amides is 1. The summed E-state index contributed by atoms with van der Waals surface area (Å²) in [4.78, 5) is 16.1. The van der Waals surface area contributed by atoms with Crippen LogP contribution in [0.5, 0.6) is 0 Å². The van der Waals surface area contributed by atoms with Crippen molar-refractivity contribution in [3.05, 3.63) is 23.9 Å². The molecule has 0 aromatic carbocycles. The van der Waals surface area contributed by atoms with Gasteiger partial charge in [0, 0.05) is 24.8 Å². The number of rotatable bonds is 6. The summed E-state index contributed by atoms with van der Waals surface area (Å²) in [6.45, 7) is 3.78. The first kappa shape index (κ1) is 12.9. The average Bonchev–Trinajstić information content (AvgIpc) is 2.34. The lowest BCUT2D eigenvalue weighted by atomic mass is 9.85. The fourth-order valence-electron chi connectivity index (χ4n) is 1.96. The predicted octanol–water partition coefficient (Wildman–Crippen LogP) is 2.43. The minimum absolute atomic E-state index is 0.00356. The molecule has 1 saturated carbocycles. The summed E-state index contributed by atoms with van der Waals surface area (Å²) >= 11 is 0. The van der Waals surface area contributed by atoms with Gasteiger partial charge in [-0.1, -0.05) is 13.3 Å². The highest BCUT2D eigenvalue weighted by molar-refractivity contribution is 5.94. The van der Waals surface area contributed by atoms with Gasteiger partial charge in [-0.2, -0.15) is 0 Å². The van der Waals surface area contributed by atoms with E-state index in [1.54, 1.807) is 12.3 Å². The minimum atomic E-state index is 0.00356. The summed E-state index contributed by atoms with van der Waals surface area (Å²) in [7, 11) is 0. The van der Waals surface area contributed by atoms with Crippen molar-refractivity contribution in [3.8, 4) is 0 Å². The van der Waals surface area contributed by atoms with Crippen LogP contribution in [0.2, 0.25) is 0 Å². The van der Waals surface area contributed by atoms with Gasteiger partial charge in [-0.05, 0) is 37.3 Å². The fraction of sp³-hybridized carbons (Fsp3) is 0.571. The lowest BCUT2D eigenvalue weighted by Gasteiger charge is -2.25. The molecule has 1 aromatic heterocycles. The summed E-state index contributed by atoms with van der Waals surface area (Å²) in [5, 5.41) is 6.18. The summed E-state index contributed by atoms with van der Waals surface area (Å²) in [6, 6.07) is 3.57. The molecule has 2 N–H and O–H groups in total. The van der Waals surface area contributed by atoms with Crippen LogP contribution in [0.1, 0.15) is 43.0 Å². The molecule has 98 valence electrons. The van der Waals surface area contributed by atoms with E-state index >= 15 is 0 Å². The molecule has 4 nitrogen and oxygen atoms in total. The molecule has 0 atom stereocenters. The third kappa shape index (κ3) is 3.45. The van der Waals surface area contributed by atoms with Crippen LogP contribution in [0.3, 0.4) is 0 Å². The first-order valence-corrected chi connectivity index (χ1v) is 6.77. The van der Waals surface area contributed by atoms with Gasteiger partial charge in [0.05, 0.1) is 0 Å². The van der Waals surface area contributed by atoms with Crippen LogP contribution >= 0.6 is 0 Å². The fourth-order valence-corrected chi connectivity index (χ4v) is 1.96. The van der Waals surface area contributed by atoms with Gasteiger partial charge in [-0.15, -0.1) is 0 Å². The Kier molecular flexibility index (Phi) is 4.56. The van der Waals surface area contributed by atoms with Crippen LogP contribution in [-0.2, 0) is 0 Å². The molecule has 2 rings (SSSR count). The number of anilines is 1. The second-order valence-electron chi connectivity index (χ2n) is 4.86. The number of hydrogen-bond donors (Lipinski definition) is 2. The Balaban J connectivity index is 1.87. The molecule has 4 heteroatoms. The van der Waals surface area contributed by atoms with E-state index in [0.29, 0.717) is 11.5 Å². The average molecular weight is 247 g/mol. The van der Waals surface area contributed by atoms with Crippen molar-refractivity contribution in [1.29, 1.82) is 0 Å². The molecule has 1 aromatic rings. The molecule has 0 bridgehead atoms. The first-order valence-electron chi connectivity index (χ1n) is 6.77. The second-order valence-corrected chi connectivity index (χ2v) is 4.86. The number of carbonyl (C=O) groups is 1. The van der Waals surface area contributed by atoms with E-state index in [9.17, 15) is 4.79 Å². The monoisotopic (exact) mass is 247 g/mol. The Bertz CT molecular complexity index is 402. The van der Waals surface area contributed by atoms with Crippen molar-refractivity contribution < 1.29 is 4.79 Å². The Morgan fingerprint density at radius 2 is 2.33 bits per heavy atom. The summed E-state index contributed by atoms with van der Waals surface area (Å²) in [5.74, 6) is 1.46. The molecule has 1 fully saturated rings. The minimum Gasteiger partial charge on any atom is -0.370 e. The van der Waals surface area contributed by atoms with Crippen LogP contribution in [-0.4, -0.2) is 24.0 Å². The molecule has 1 aliphatic rings. The van der Waals surface area contributed by atoms with E-state index in [2.05, 4.69) is 22.5 Å². The lowest BCUT2D eigenvalue weighted by Crippen LogP contribution is -2.32. The highest BCUT2D eigenvalue weighted by Crippen LogP contribution is 2.25. The van der Waals surface area contributed by atoms with Gasteiger partial charge >= 0.3 is 0 Å². The number of nitrogens with zero attached hydrogens (tertiary/aromatic N) is 1. The van der Waals surface area contributed by atoms with Gasteiger partial charge in [0.2, 0.25) is 0 Å². The van der Waals surface area contributed by atoms with E-state index in [1.807, 2.05) is 6.07 Å². The van der Waals surface area contributed by atoms with E-state index in [1.165, 1.54) is 19.3 Å². The first-order chi connectivity index (χ1) is 8.79. The van der Waals surface area contributed by atoms with E-state index in [-0.39, 0.29) is 5.91 Å². The van der Waals surface area contributed by atoms with Gasteiger partial charge in [0.25, 0.3) is 5.91 Å². The summed E-state index contributed by atoms with van der Waals surface area (Å²) in [6.07, 6.45) is 6.52. The Hall–Kier alpha value is -1.58. The number of carbonyl (C=O) groups excluding carboxylic acids is 1. The Morgan fingerprint density at radius 1 is 1.50 bits per heavy atom.